The smallest absolute Gasteiger partial charge is 0.0725 e. The summed E-state index contributed by atoms with van der Waals surface area (Å²) in [5, 5.41) is 1.49. The molecule has 0 bridgehead atoms. The zero-order valence-corrected chi connectivity index (χ0v) is 22.5. The molecule has 6 aromatic rings. The van der Waals surface area contributed by atoms with Crippen LogP contribution in [0.1, 0.15) is 22.3 Å². The summed E-state index contributed by atoms with van der Waals surface area (Å²) in [7, 11) is 0. The molecule has 8 rings (SSSR count). The van der Waals surface area contributed by atoms with Crippen LogP contribution in [0.4, 0.5) is 0 Å². The summed E-state index contributed by atoms with van der Waals surface area (Å²) in [4.78, 5) is 0. The Bertz CT molecular complexity index is 1770. The number of hydrogen-bond donors (Lipinski definition) is 0. The van der Waals surface area contributed by atoms with Gasteiger partial charge in [-0.25, -0.2) is 0 Å². The zero-order valence-electron chi connectivity index (χ0n) is 21.0. The fourth-order valence-corrected chi connectivity index (χ4v) is 7.04. The van der Waals surface area contributed by atoms with Gasteiger partial charge in [0.15, 0.2) is 0 Å². The predicted molar refractivity (Wildman–Crippen MR) is 164 cm³/mol. The summed E-state index contributed by atoms with van der Waals surface area (Å²) in [6.07, 6.45) is 0. The van der Waals surface area contributed by atoms with E-state index in [4.69, 9.17) is 23.2 Å². The fourth-order valence-electron chi connectivity index (χ4n) is 6.78. The maximum atomic E-state index is 6.23. The van der Waals surface area contributed by atoms with Crippen LogP contribution in [0, 0.1) is 0 Å². The lowest BCUT2D eigenvalue weighted by Gasteiger charge is -2.31. The number of halogens is 2. The summed E-state index contributed by atoms with van der Waals surface area (Å²) in [6.45, 7) is 0. The average Bonchev–Trinajstić information content (AvgIpc) is 3.44. The Morgan fingerprint density at radius 1 is 0.333 bits per heavy atom. The SMILES string of the molecule is Clc1ccc(-c2ccc3c(c2)C2(c4ccccc4-3)c3ccccc3-c3ccc(-c4ccc(Cl)cc4)cc32)cc1. The maximum absolute atomic E-state index is 6.23. The third-order valence-electron chi connectivity index (χ3n) is 8.44. The second-order valence-corrected chi connectivity index (χ2v) is 11.2. The molecule has 0 saturated carbocycles. The Kier molecular flexibility index (Phi) is 4.95. The summed E-state index contributed by atoms with van der Waals surface area (Å²) in [5.41, 5.74) is 14.8. The second-order valence-electron chi connectivity index (χ2n) is 10.4. The van der Waals surface area contributed by atoms with Crippen molar-refractivity contribution in [1.82, 2.24) is 0 Å². The minimum Gasteiger partial charge on any atom is -0.0843 e. The molecule has 2 heteroatoms. The van der Waals surface area contributed by atoms with Crippen molar-refractivity contribution in [1.29, 1.82) is 0 Å². The molecule has 2 aliphatic rings. The lowest BCUT2D eigenvalue weighted by Crippen LogP contribution is -2.26. The van der Waals surface area contributed by atoms with E-state index in [-0.39, 0.29) is 0 Å². The number of rotatable bonds is 2. The minimum absolute atomic E-state index is 0.400. The lowest BCUT2D eigenvalue weighted by molar-refractivity contribution is 0.794. The highest BCUT2D eigenvalue weighted by molar-refractivity contribution is 6.31. The van der Waals surface area contributed by atoms with Crippen LogP contribution >= 0.6 is 23.2 Å². The molecule has 0 amide bonds. The van der Waals surface area contributed by atoms with E-state index in [0.717, 1.165) is 21.2 Å². The zero-order chi connectivity index (χ0) is 26.1. The summed E-state index contributed by atoms with van der Waals surface area (Å²) >= 11 is 12.5. The van der Waals surface area contributed by atoms with E-state index in [1.165, 1.54) is 55.6 Å². The van der Waals surface area contributed by atoms with E-state index in [1.807, 2.05) is 24.3 Å². The standard InChI is InChI=1S/C37H22Cl2/c38-27-15-9-23(10-16-27)25-13-19-31-29-5-1-3-7-33(29)37(35(31)21-25)34-8-4-2-6-30(34)32-20-14-26(22-36(32)37)24-11-17-28(39)18-12-24/h1-22H. The van der Waals surface area contributed by atoms with Gasteiger partial charge in [0.1, 0.15) is 0 Å². The minimum atomic E-state index is -0.400. The van der Waals surface area contributed by atoms with Gasteiger partial charge in [-0.2, -0.15) is 0 Å². The first kappa shape index (κ1) is 22.8. The Morgan fingerprint density at radius 3 is 1.13 bits per heavy atom. The average molecular weight is 537 g/mol. The van der Waals surface area contributed by atoms with Crippen molar-refractivity contribution in [2.45, 2.75) is 5.41 Å². The maximum Gasteiger partial charge on any atom is 0.0725 e. The quantitative estimate of drug-likeness (QED) is 0.206. The summed E-state index contributed by atoms with van der Waals surface area (Å²) < 4.78 is 0. The van der Waals surface area contributed by atoms with Crippen LogP contribution in [0.25, 0.3) is 44.5 Å². The highest BCUT2D eigenvalue weighted by Crippen LogP contribution is 2.63. The molecule has 0 saturated heterocycles. The Labute approximate surface area is 238 Å². The summed E-state index contributed by atoms with van der Waals surface area (Å²) in [5.74, 6) is 0. The lowest BCUT2D eigenvalue weighted by atomic mass is 9.70. The van der Waals surface area contributed by atoms with Crippen LogP contribution < -0.4 is 0 Å². The van der Waals surface area contributed by atoms with Crippen LogP contribution in [0.3, 0.4) is 0 Å². The Hall–Kier alpha value is -4.10. The van der Waals surface area contributed by atoms with Crippen molar-refractivity contribution in [2.75, 3.05) is 0 Å². The molecule has 184 valence electrons. The van der Waals surface area contributed by atoms with Crippen molar-refractivity contribution in [3.8, 4) is 44.5 Å². The van der Waals surface area contributed by atoms with Crippen LogP contribution in [-0.4, -0.2) is 0 Å². The second kappa shape index (κ2) is 8.45. The van der Waals surface area contributed by atoms with Crippen molar-refractivity contribution in [2.24, 2.45) is 0 Å². The highest BCUT2D eigenvalue weighted by atomic mass is 35.5. The Balaban J connectivity index is 1.46. The normalized spacial score (nSPS) is 13.6. The molecule has 2 aliphatic carbocycles. The molecule has 0 heterocycles. The first-order valence-electron chi connectivity index (χ1n) is 13.2. The van der Waals surface area contributed by atoms with E-state index >= 15 is 0 Å². The molecule has 0 N–H and O–H groups in total. The van der Waals surface area contributed by atoms with Gasteiger partial charge in [0.2, 0.25) is 0 Å². The van der Waals surface area contributed by atoms with E-state index in [9.17, 15) is 0 Å². The molecular weight excluding hydrogens is 515 g/mol. The van der Waals surface area contributed by atoms with Gasteiger partial charge in [0.05, 0.1) is 5.41 Å². The van der Waals surface area contributed by atoms with Gasteiger partial charge in [0, 0.05) is 10.0 Å². The summed E-state index contributed by atoms with van der Waals surface area (Å²) in [6, 6.07) is 48.0. The molecule has 0 nitrogen and oxygen atoms in total. The van der Waals surface area contributed by atoms with Gasteiger partial charge >= 0.3 is 0 Å². The molecule has 0 unspecified atom stereocenters. The molecule has 1 spiro atoms. The van der Waals surface area contributed by atoms with E-state index < -0.39 is 5.41 Å². The Morgan fingerprint density at radius 2 is 0.692 bits per heavy atom. The predicted octanol–water partition coefficient (Wildman–Crippen LogP) is 10.7. The van der Waals surface area contributed by atoms with Crippen molar-refractivity contribution < 1.29 is 0 Å². The first-order chi connectivity index (χ1) is 19.1. The largest absolute Gasteiger partial charge is 0.0843 e. The number of benzene rings is 6. The van der Waals surface area contributed by atoms with Gasteiger partial charge in [-0.1, -0.05) is 120 Å². The van der Waals surface area contributed by atoms with Gasteiger partial charge in [-0.3, -0.25) is 0 Å². The molecule has 0 radical (unpaired) electrons. The number of fused-ring (bicyclic) bond motifs is 10. The van der Waals surface area contributed by atoms with Crippen LogP contribution in [-0.2, 0) is 5.41 Å². The van der Waals surface area contributed by atoms with Gasteiger partial charge in [0.25, 0.3) is 0 Å². The van der Waals surface area contributed by atoms with Crippen molar-refractivity contribution in [3.63, 3.8) is 0 Å². The van der Waals surface area contributed by atoms with E-state index in [1.54, 1.807) is 0 Å². The van der Waals surface area contributed by atoms with Crippen LogP contribution in [0.15, 0.2) is 133 Å². The first-order valence-corrected chi connectivity index (χ1v) is 13.9. The molecule has 0 atom stereocenters. The molecule has 0 fully saturated rings. The van der Waals surface area contributed by atoms with Gasteiger partial charge < -0.3 is 0 Å². The molecular formula is C37H22Cl2. The number of hydrogen-bond acceptors (Lipinski definition) is 0. The monoisotopic (exact) mass is 536 g/mol. The molecule has 0 aliphatic heterocycles. The van der Waals surface area contributed by atoms with Crippen LogP contribution in [0.2, 0.25) is 10.0 Å². The van der Waals surface area contributed by atoms with E-state index in [0.29, 0.717) is 0 Å². The third-order valence-corrected chi connectivity index (χ3v) is 8.95. The van der Waals surface area contributed by atoms with Gasteiger partial charge in [-0.15, -0.1) is 0 Å². The molecule has 6 aromatic carbocycles. The fraction of sp³-hybridized carbons (Fsp3) is 0.0270. The molecule has 0 aromatic heterocycles. The van der Waals surface area contributed by atoms with Crippen LogP contribution in [0.5, 0.6) is 0 Å². The third kappa shape index (κ3) is 3.20. The van der Waals surface area contributed by atoms with E-state index in [2.05, 4.69) is 109 Å². The van der Waals surface area contributed by atoms with Gasteiger partial charge in [-0.05, 0) is 103 Å². The van der Waals surface area contributed by atoms with Crippen molar-refractivity contribution >= 4 is 23.2 Å². The topological polar surface area (TPSA) is 0 Å². The molecule has 39 heavy (non-hydrogen) atoms. The van der Waals surface area contributed by atoms with Crippen molar-refractivity contribution in [3.05, 3.63) is 166 Å². The highest BCUT2D eigenvalue weighted by Gasteiger charge is 2.51.